The van der Waals surface area contributed by atoms with E-state index in [1.165, 1.54) is 20.3 Å². The van der Waals surface area contributed by atoms with Gasteiger partial charge in [-0.3, -0.25) is 0 Å². The largest absolute Gasteiger partial charge is 0.466 e. The SMILES string of the molecule is COC(=O)C1=C(C)N(C2CC2)C(C)=C(C(=O)OC)C1c1ccc(Cl)c(C(F)(F)F)c1. The van der Waals surface area contributed by atoms with Crippen molar-refractivity contribution in [1.82, 2.24) is 4.90 Å². The molecule has 9 heteroatoms. The number of methoxy groups -OCH3 is 2. The van der Waals surface area contributed by atoms with Crippen LogP contribution in [0.25, 0.3) is 0 Å². The van der Waals surface area contributed by atoms with E-state index in [0.717, 1.165) is 25.0 Å². The number of carbonyl (C=O) groups is 2. The molecule has 1 saturated carbocycles. The van der Waals surface area contributed by atoms with Crippen LogP contribution >= 0.6 is 11.6 Å². The van der Waals surface area contributed by atoms with Gasteiger partial charge in [0, 0.05) is 17.4 Å². The molecule has 0 amide bonds. The van der Waals surface area contributed by atoms with Gasteiger partial charge in [0.2, 0.25) is 0 Å². The molecule has 162 valence electrons. The van der Waals surface area contributed by atoms with Gasteiger partial charge in [-0.05, 0) is 44.4 Å². The number of alkyl halides is 3. The first-order chi connectivity index (χ1) is 14.0. The molecular weight excluding hydrogens is 423 g/mol. The van der Waals surface area contributed by atoms with Gasteiger partial charge in [-0.25, -0.2) is 9.59 Å². The summed E-state index contributed by atoms with van der Waals surface area (Å²) in [6, 6.07) is 3.47. The smallest absolute Gasteiger partial charge is 0.417 e. The molecule has 0 unspecified atom stereocenters. The first kappa shape index (κ1) is 22.2. The number of rotatable bonds is 4. The number of benzene rings is 1. The Kier molecular flexibility index (Phi) is 5.91. The molecule has 1 aromatic rings. The summed E-state index contributed by atoms with van der Waals surface area (Å²) in [5, 5.41) is -0.470. The van der Waals surface area contributed by atoms with Crippen molar-refractivity contribution in [1.29, 1.82) is 0 Å². The highest BCUT2D eigenvalue weighted by Crippen LogP contribution is 2.48. The Labute approximate surface area is 177 Å². The number of nitrogens with zero attached hydrogens (tertiary/aromatic N) is 1. The summed E-state index contributed by atoms with van der Waals surface area (Å²) in [5.74, 6) is -2.53. The van der Waals surface area contributed by atoms with E-state index in [-0.39, 0.29) is 22.8 Å². The van der Waals surface area contributed by atoms with Crippen LogP contribution in [-0.4, -0.2) is 37.1 Å². The summed E-state index contributed by atoms with van der Waals surface area (Å²) in [6.07, 6.45) is -2.95. The van der Waals surface area contributed by atoms with Gasteiger partial charge in [0.25, 0.3) is 0 Å². The Morgan fingerprint density at radius 2 is 1.53 bits per heavy atom. The molecular formula is C21H21ClF3NO4. The zero-order chi connectivity index (χ0) is 22.4. The molecule has 0 atom stereocenters. The molecule has 1 aliphatic heterocycles. The molecule has 2 aliphatic rings. The Bertz CT molecular complexity index is 923. The Morgan fingerprint density at radius 1 is 1.03 bits per heavy atom. The summed E-state index contributed by atoms with van der Waals surface area (Å²) in [4.78, 5) is 27.3. The average Bonchev–Trinajstić information content (AvgIpc) is 3.51. The van der Waals surface area contributed by atoms with Crippen LogP contribution in [0.15, 0.2) is 40.7 Å². The van der Waals surface area contributed by atoms with Gasteiger partial charge in [0.15, 0.2) is 0 Å². The highest BCUT2D eigenvalue weighted by Gasteiger charge is 2.45. The highest BCUT2D eigenvalue weighted by molar-refractivity contribution is 6.31. The minimum absolute atomic E-state index is 0.0988. The lowest BCUT2D eigenvalue weighted by molar-refractivity contribution is -0.138. The quantitative estimate of drug-likeness (QED) is 0.625. The summed E-state index contributed by atoms with van der Waals surface area (Å²) >= 11 is 5.77. The minimum Gasteiger partial charge on any atom is -0.466 e. The van der Waals surface area contributed by atoms with E-state index in [2.05, 4.69) is 0 Å². The maximum atomic E-state index is 13.5. The van der Waals surface area contributed by atoms with Crippen LogP contribution in [0.2, 0.25) is 5.02 Å². The van der Waals surface area contributed by atoms with E-state index in [1.54, 1.807) is 13.8 Å². The van der Waals surface area contributed by atoms with E-state index in [4.69, 9.17) is 21.1 Å². The Balaban J connectivity index is 2.30. The molecule has 0 radical (unpaired) electrons. The fourth-order valence-electron chi connectivity index (χ4n) is 3.98. The van der Waals surface area contributed by atoms with E-state index < -0.39 is 34.6 Å². The van der Waals surface area contributed by atoms with Crippen LogP contribution in [0.3, 0.4) is 0 Å². The molecule has 1 heterocycles. The predicted molar refractivity (Wildman–Crippen MR) is 103 cm³/mol. The van der Waals surface area contributed by atoms with Crippen molar-refractivity contribution in [3.63, 3.8) is 0 Å². The van der Waals surface area contributed by atoms with Crippen LogP contribution in [0.5, 0.6) is 0 Å². The van der Waals surface area contributed by atoms with E-state index in [1.807, 2.05) is 4.90 Å². The molecule has 0 N–H and O–H groups in total. The van der Waals surface area contributed by atoms with Gasteiger partial charge in [-0.2, -0.15) is 13.2 Å². The second-order valence-corrected chi connectivity index (χ2v) is 7.66. The summed E-state index contributed by atoms with van der Waals surface area (Å²) in [5.41, 5.74) is 0.347. The highest BCUT2D eigenvalue weighted by atomic mass is 35.5. The van der Waals surface area contributed by atoms with Crippen molar-refractivity contribution >= 4 is 23.5 Å². The average molecular weight is 444 g/mol. The third-order valence-electron chi connectivity index (χ3n) is 5.43. The molecule has 1 fully saturated rings. The van der Waals surface area contributed by atoms with E-state index in [0.29, 0.717) is 11.4 Å². The van der Waals surface area contributed by atoms with Gasteiger partial charge in [-0.15, -0.1) is 0 Å². The zero-order valence-electron chi connectivity index (χ0n) is 16.9. The lowest BCUT2D eigenvalue weighted by atomic mass is 9.79. The first-order valence-corrected chi connectivity index (χ1v) is 9.64. The first-order valence-electron chi connectivity index (χ1n) is 9.26. The second kappa shape index (κ2) is 7.98. The maximum absolute atomic E-state index is 13.5. The molecule has 5 nitrogen and oxygen atoms in total. The predicted octanol–water partition coefficient (Wildman–Crippen LogP) is 4.81. The molecule has 0 bridgehead atoms. The molecule has 1 aliphatic carbocycles. The zero-order valence-corrected chi connectivity index (χ0v) is 17.6. The van der Waals surface area contributed by atoms with Crippen LogP contribution in [0.1, 0.15) is 43.7 Å². The van der Waals surface area contributed by atoms with Crippen molar-refractivity contribution in [3.05, 3.63) is 56.9 Å². The topological polar surface area (TPSA) is 55.8 Å². The molecule has 0 aromatic heterocycles. The number of ether oxygens (including phenoxy) is 2. The van der Waals surface area contributed by atoms with Crippen molar-refractivity contribution in [2.24, 2.45) is 0 Å². The van der Waals surface area contributed by atoms with Crippen molar-refractivity contribution in [2.45, 2.75) is 44.8 Å². The van der Waals surface area contributed by atoms with Gasteiger partial charge in [0.05, 0.1) is 41.9 Å². The standard InChI is InChI=1S/C21H21ClF3NO4/c1-10-16(19(27)29-3)18(12-5-8-15(22)14(9-12)21(23,24)25)17(20(28)30-4)11(2)26(10)13-6-7-13/h5,8-9,13,18H,6-7H2,1-4H3. The number of carbonyl (C=O) groups excluding carboxylic acids is 2. The Morgan fingerprint density at radius 3 is 1.93 bits per heavy atom. The van der Waals surface area contributed by atoms with Crippen LogP contribution in [-0.2, 0) is 25.2 Å². The number of allylic oxidation sites excluding steroid dienone is 2. The van der Waals surface area contributed by atoms with Crippen LogP contribution in [0, 0.1) is 0 Å². The van der Waals surface area contributed by atoms with Gasteiger partial charge < -0.3 is 14.4 Å². The molecule has 30 heavy (non-hydrogen) atoms. The number of hydrogen-bond donors (Lipinski definition) is 0. The molecule has 0 saturated heterocycles. The monoisotopic (exact) mass is 443 g/mol. The van der Waals surface area contributed by atoms with E-state index >= 15 is 0 Å². The fourth-order valence-corrected chi connectivity index (χ4v) is 4.20. The van der Waals surface area contributed by atoms with E-state index in [9.17, 15) is 22.8 Å². The minimum atomic E-state index is -4.70. The van der Waals surface area contributed by atoms with Crippen LogP contribution in [0.4, 0.5) is 13.2 Å². The molecule has 3 rings (SSSR count). The number of hydrogen-bond acceptors (Lipinski definition) is 5. The normalized spacial score (nSPS) is 18.1. The lowest BCUT2D eigenvalue weighted by Crippen LogP contribution is -2.36. The third-order valence-corrected chi connectivity index (χ3v) is 5.76. The molecule has 1 aromatic carbocycles. The number of esters is 2. The molecule has 0 spiro atoms. The second-order valence-electron chi connectivity index (χ2n) is 7.25. The fraction of sp³-hybridized carbons (Fsp3) is 0.429. The van der Waals surface area contributed by atoms with Crippen molar-refractivity contribution < 1.29 is 32.2 Å². The number of halogens is 4. The van der Waals surface area contributed by atoms with Gasteiger partial charge in [0.1, 0.15) is 0 Å². The summed E-state index contributed by atoms with van der Waals surface area (Å²) in [7, 11) is 2.38. The van der Waals surface area contributed by atoms with Gasteiger partial charge in [-0.1, -0.05) is 17.7 Å². The maximum Gasteiger partial charge on any atom is 0.417 e. The Hall–Kier alpha value is -2.48. The van der Waals surface area contributed by atoms with Crippen molar-refractivity contribution in [2.75, 3.05) is 14.2 Å². The summed E-state index contributed by atoms with van der Waals surface area (Å²) < 4.78 is 50.3. The summed E-state index contributed by atoms with van der Waals surface area (Å²) in [6.45, 7) is 3.41. The third kappa shape index (κ3) is 3.80. The van der Waals surface area contributed by atoms with Crippen molar-refractivity contribution in [3.8, 4) is 0 Å². The van der Waals surface area contributed by atoms with Gasteiger partial charge >= 0.3 is 18.1 Å². The lowest BCUT2D eigenvalue weighted by Gasteiger charge is -2.38. The van der Waals surface area contributed by atoms with Crippen LogP contribution < -0.4 is 0 Å².